The van der Waals surface area contributed by atoms with Crippen molar-refractivity contribution in [2.45, 2.75) is 219 Å². The Labute approximate surface area is 290 Å². The fraction of sp³-hybridized carbons (Fsp3) is 0.907. The van der Waals surface area contributed by atoms with E-state index >= 15 is 0 Å². The SMILES string of the molecule is CCCCCCCC/C=C\CCCCCCCCCOCC(CNC)OCCCCCCCC/C=C\CCCCCCCCCC. The Bertz CT molecular complexity index is 589. The molecule has 46 heavy (non-hydrogen) atoms. The lowest BCUT2D eigenvalue weighted by molar-refractivity contribution is -0.0167. The second-order valence-corrected chi connectivity index (χ2v) is 14.1. The van der Waals surface area contributed by atoms with Gasteiger partial charge in [0.15, 0.2) is 0 Å². The molecule has 3 nitrogen and oxygen atoms in total. The lowest BCUT2D eigenvalue weighted by Gasteiger charge is -2.18. The van der Waals surface area contributed by atoms with Crippen molar-refractivity contribution in [1.82, 2.24) is 5.32 Å². The highest BCUT2D eigenvalue weighted by Gasteiger charge is 2.08. The molecule has 3 heteroatoms. The lowest BCUT2D eigenvalue weighted by Crippen LogP contribution is -2.31. The highest BCUT2D eigenvalue weighted by molar-refractivity contribution is 4.82. The first-order valence-electron chi connectivity index (χ1n) is 21.0. The van der Waals surface area contributed by atoms with Crippen molar-refractivity contribution in [2.24, 2.45) is 0 Å². The van der Waals surface area contributed by atoms with Gasteiger partial charge in [-0.2, -0.15) is 0 Å². The molecule has 274 valence electrons. The fourth-order valence-electron chi connectivity index (χ4n) is 6.19. The van der Waals surface area contributed by atoms with E-state index in [9.17, 15) is 0 Å². The molecule has 0 aromatic carbocycles. The van der Waals surface area contributed by atoms with Gasteiger partial charge in [0.2, 0.25) is 0 Å². The Balaban J connectivity index is 3.41. The van der Waals surface area contributed by atoms with Crippen molar-refractivity contribution >= 4 is 0 Å². The average Bonchev–Trinajstić information content (AvgIpc) is 3.06. The van der Waals surface area contributed by atoms with E-state index in [0.29, 0.717) is 0 Å². The molecular weight excluding hydrogens is 562 g/mol. The van der Waals surface area contributed by atoms with Gasteiger partial charge in [-0.1, -0.05) is 173 Å². The number of unbranched alkanes of at least 4 members (excludes halogenated alkanes) is 27. The summed E-state index contributed by atoms with van der Waals surface area (Å²) in [4.78, 5) is 0. The standard InChI is InChI=1S/C43H85NO2/c1-4-6-8-10-12-14-16-18-20-22-24-26-28-30-32-34-36-38-40-46-43(41-44-3)42-45-39-37-35-33-31-29-27-25-23-21-19-17-15-13-11-9-7-5-2/h19,21-22,24,43-44H,4-18,20,23,25-42H2,1-3H3/b21-19-,24-22-. The van der Waals surface area contributed by atoms with Crippen LogP contribution in [0.1, 0.15) is 213 Å². The summed E-state index contributed by atoms with van der Waals surface area (Å²) in [5.41, 5.74) is 0. The second kappa shape index (κ2) is 42.4. The number of nitrogens with one attached hydrogen (secondary N) is 1. The maximum atomic E-state index is 6.15. The topological polar surface area (TPSA) is 30.5 Å². The number of hydrogen-bond acceptors (Lipinski definition) is 3. The van der Waals surface area contributed by atoms with E-state index in [-0.39, 0.29) is 6.10 Å². The van der Waals surface area contributed by atoms with Crippen LogP contribution >= 0.6 is 0 Å². The van der Waals surface area contributed by atoms with Crippen LogP contribution in [0.3, 0.4) is 0 Å². The van der Waals surface area contributed by atoms with Crippen LogP contribution in [0.25, 0.3) is 0 Å². The molecular formula is C43H85NO2. The Hall–Kier alpha value is -0.640. The van der Waals surface area contributed by atoms with E-state index < -0.39 is 0 Å². The van der Waals surface area contributed by atoms with Gasteiger partial charge < -0.3 is 14.8 Å². The first-order chi connectivity index (χ1) is 22.8. The van der Waals surface area contributed by atoms with Gasteiger partial charge in [-0.15, -0.1) is 0 Å². The predicted molar refractivity (Wildman–Crippen MR) is 207 cm³/mol. The zero-order valence-electron chi connectivity index (χ0n) is 32.0. The zero-order chi connectivity index (χ0) is 33.3. The molecule has 0 spiro atoms. The largest absolute Gasteiger partial charge is 0.379 e. The monoisotopic (exact) mass is 648 g/mol. The lowest BCUT2D eigenvalue weighted by atomic mass is 10.1. The summed E-state index contributed by atoms with van der Waals surface area (Å²) in [7, 11) is 2.01. The summed E-state index contributed by atoms with van der Waals surface area (Å²) in [5.74, 6) is 0. The van der Waals surface area contributed by atoms with E-state index in [1.807, 2.05) is 7.05 Å². The average molecular weight is 648 g/mol. The zero-order valence-corrected chi connectivity index (χ0v) is 32.0. The number of likely N-dealkylation sites (N-methyl/N-ethyl adjacent to an activating group) is 1. The van der Waals surface area contributed by atoms with Crippen LogP contribution in [-0.4, -0.2) is 39.5 Å². The third kappa shape index (κ3) is 39.5. The molecule has 1 atom stereocenters. The fourth-order valence-corrected chi connectivity index (χ4v) is 6.19. The van der Waals surface area contributed by atoms with Gasteiger partial charge in [0.05, 0.1) is 12.7 Å². The van der Waals surface area contributed by atoms with Crippen LogP contribution in [0.5, 0.6) is 0 Å². The molecule has 0 amide bonds. The highest BCUT2D eigenvalue weighted by Crippen LogP contribution is 2.13. The normalized spacial score (nSPS) is 12.7. The minimum Gasteiger partial charge on any atom is -0.379 e. The van der Waals surface area contributed by atoms with Crippen LogP contribution in [0, 0.1) is 0 Å². The van der Waals surface area contributed by atoms with Crippen LogP contribution in [0.2, 0.25) is 0 Å². The molecule has 0 saturated heterocycles. The Morgan fingerprint density at radius 2 is 0.739 bits per heavy atom. The van der Waals surface area contributed by atoms with Crippen molar-refractivity contribution < 1.29 is 9.47 Å². The summed E-state index contributed by atoms with van der Waals surface area (Å²) in [5, 5.41) is 3.27. The van der Waals surface area contributed by atoms with E-state index in [0.717, 1.165) is 26.4 Å². The van der Waals surface area contributed by atoms with Crippen molar-refractivity contribution in [3.8, 4) is 0 Å². The van der Waals surface area contributed by atoms with Gasteiger partial charge in [-0.25, -0.2) is 0 Å². The van der Waals surface area contributed by atoms with Crippen molar-refractivity contribution in [2.75, 3.05) is 33.4 Å². The summed E-state index contributed by atoms with van der Waals surface area (Å²) in [6.07, 6.45) is 52.0. The smallest absolute Gasteiger partial charge is 0.0932 e. The molecule has 0 aromatic heterocycles. The second-order valence-electron chi connectivity index (χ2n) is 14.1. The predicted octanol–water partition coefficient (Wildman–Crippen LogP) is 13.9. The summed E-state index contributed by atoms with van der Waals surface area (Å²) in [6, 6.07) is 0. The van der Waals surface area contributed by atoms with Crippen LogP contribution in [0.15, 0.2) is 24.3 Å². The molecule has 0 heterocycles. The third-order valence-corrected chi connectivity index (χ3v) is 9.30. The highest BCUT2D eigenvalue weighted by atomic mass is 16.5. The molecule has 0 saturated carbocycles. The van der Waals surface area contributed by atoms with Crippen LogP contribution in [-0.2, 0) is 9.47 Å². The first-order valence-corrected chi connectivity index (χ1v) is 21.0. The van der Waals surface area contributed by atoms with Crippen LogP contribution < -0.4 is 5.32 Å². The molecule has 0 fully saturated rings. The number of ether oxygens (including phenoxy) is 2. The van der Waals surface area contributed by atoms with E-state index in [1.165, 1.54) is 199 Å². The van der Waals surface area contributed by atoms with Gasteiger partial charge in [0, 0.05) is 19.8 Å². The maximum absolute atomic E-state index is 6.15. The maximum Gasteiger partial charge on any atom is 0.0932 e. The summed E-state index contributed by atoms with van der Waals surface area (Å²) >= 11 is 0. The van der Waals surface area contributed by atoms with Gasteiger partial charge >= 0.3 is 0 Å². The molecule has 0 aliphatic carbocycles. The van der Waals surface area contributed by atoms with Gasteiger partial charge in [-0.05, 0) is 71.3 Å². The minimum absolute atomic E-state index is 0.183. The van der Waals surface area contributed by atoms with Crippen LogP contribution in [0.4, 0.5) is 0 Å². The number of allylic oxidation sites excluding steroid dienone is 4. The molecule has 0 aliphatic heterocycles. The van der Waals surface area contributed by atoms with Gasteiger partial charge in [0.25, 0.3) is 0 Å². The van der Waals surface area contributed by atoms with Crippen molar-refractivity contribution in [3.05, 3.63) is 24.3 Å². The number of hydrogen-bond donors (Lipinski definition) is 1. The van der Waals surface area contributed by atoms with Gasteiger partial charge in [-0.3, -0.25) is 0 Å². The molecule has 1 N–H and O–H groups in total. The van der Waals surface area contributed by atoms with Crippen molar-refractivity contribution in [3.63, 3.8) is 0 Å². The first kappa shape index (κ1) is 45.4. The summed E-state index contributed by atoms with van der Waals surface area (Å²) in [6.45, 7) is 7.93. The number of rotatable bonds is 40. The van der Waals surface area contributed by atoms with E-state index in [4.69, 9.17) is 9.47 Å². The van der Waals surface area contributed by atoms with E-state index in [2.05, 4.69) is 43.5 Å². The Morgan fingerprint density at radius 1 is 0.413 bits per heavy atom. The van der Waals surface area contributed by atoms with Crippen molar-refractivity contribution in [1.29, 1.82) is 0 Å². The molecule has 1 unspecified atom stereocenters. The third-order valence-electron chi connectivity index (χ3n) is 9.30. The quantitative estimate of drug-likeness (QED) is 0.0530. The molecule has 0 rings (SSSR count). The minimum atomic E-state index is 0.183. The molecule has 0 aliphatic rings. The van der Waals surface area contributed by atoms with E-state index in [1.54, 1.807) is 0 Å². The molecule has 0 bridgehead atoms. The summed E-state index contributed by atoms with van der Waals surface area (Å²) < 4.78 is 12.1. The molecule has 0 radical (unpaired) electrons. The molecule has 0 aromatic rings. The Kier molecular flexibility index (Phi) is 41.8. The van der Waals surface area contributed by atoms with Gasteiger partial charge in [0.1, 0.15) is 0 Å². The Morgan fingerprint density at radius 3 is 1.11 bits per heavy atom.